The molecule has 0 radical (unpaired) electrons. The second-order valence-electron chi connectivity index (χ2n) is 8.70. The first-order chi connectivity index (χ1) is 14.7. The van der Waals surface area contributed by atoms with Crippen LogP contribution in [0.4, 0.5) is 0 Å². The summed E-state index contributed by atoms with van der Waals surface area (Å²) in [6.45, 7) is 10.8. The number of rotatable bonds is 9. The molecule has 7 heteroatoms. The molecule has 0 amide bonds. The number of aliphatic imine (C=N–C) groups is 1. The average molecular weight is 544 g/mol. The van der Waals surface area contributed by atoms with Crippen molar-refractivity contribution in [2.45, 2.75) is 32.2 Å². The van der Waals surface area contributed by atoms with E-state index in [1.165, 1.54) is 51.0 Å². The van der Waals surface area contributed by atoms with Gasteiger partial charge in [-0.15, -0.1) is 24.0 Å². The first kappa shape index (κ1) is 26.4. The minimum Gasteiger partial charge on any atom is -0.381 e. The van der Waals surface area contributed by atoms with Crippen LogP contribution >= 0.6 is 24.0 Å². The van der Waals surface area contributed by atoms with Gasteiger partial charge in [0.15, 0.2) is 5.96 Å². The largest absolute Gasteiger partial charge is 0.381 e. The lowest BCUT2D eigenvalue weighted by molar-refractivity contribution is 0.0625. The molecule has 0 spiro atoms. The zero-order chi connectivity index (χ0) is 21.0. The van der Waals surface area contributed by atoms with E-state index in [-0.39, 0.29) is 24.0 Å². The van der Waals surface area contributed by atoms with E-state index in [1.807, 2.05) is 7.05 Å². The lowest BCUT2D eigenvalue weighted by atomic mass is 9.96. The van der Waals surface area contributed by atoms with Gasteiger partial charge in [-0.1, -0.05) is 30.3 Å². The van der Waals surface area contributed by atoms with Crippen LogP contribution in [0.3, 0.4) is 0 Å². The molecule has 31 heavy (non-hydrogen) atoms. The predicted molar refractivity (Wildman–Crippen MR) is 140 cm³/mol. The van der Waals surface area contributed by atoms with Crippen molar-refractivity contribution in [2.24, 2.45) is 10.9 Å². The third-order valence-electron chi connectivity index (χ3n) is 6.44. The molecule has 2 aliphatic heterocycles. The second kappa shape index (κ2) is 15.0. The van der Waals surface area contributed by atoms with E-state index in [0.29, 0.717) is 0 Å². The van der Waals surface area contributed by atoms with E-state index < -0.39 is 0 Å². The smallest absolute Gasteiger partial charge is 0.193 e. The molecular weight excluding hydrogens is 501 g/mol. The van der Waals surface area contributed by atoms with Crippen molar-refractivity contribution < 1.29 is 4.74 Å². The number of benzene rings is 1. The Morgan fingerprint density at radius 3 is 2.45 bits per heavy atom. The Balaban J connectivity index is 0.00000341. The van der Waals surface area contributed by atoms with Gasteiger partial charge in [-0.25, -0.2) is 0 Å². The zero-order valence-corrected chi connectivity index (χ0v) is 21.8. The van der Waals surface area contributed by atoms with Gasteiger partial charge in [0.1, 0.15) is 0 Å². The van der Waals surface area contributed by atoms with Gasteiger partial charge in [0.05, 0.1) is 0 Å². The molecule has 2 saturated heterocycles. The van der Waals surface area contributed by atoms with Crippen LogP contribution in [0.5, 0.6) is 0 Å². The molecule has 2 fully saturated rings. The molecule has 0 unspecified atom stereocenters. The summed E-state index contributed by atoms with van der Waals surface area (Å²) in [5.41, 5.74) is 1.42. The zero-order valence-electron chi connectivity index (χ0n) is 19.5. The van der Waals surface area contributed by atoms with Crippen molar-refractivity contribution in [1.29, 1.82) is 0 Å². The van der Waals surface area contributed by atoms with Crippen LogP contribution in [-0.2, 0) is 11.3 Å². The van der Waals surface area contributed by atoms with Crippen LogP contribution in [0.25, 0.3) is 0 Å². The average Bonchev–Trinajstić information content (AvgIpc) is 2.80. The van der Waals surface area contributed by atoms with E-state index in [0.717, 1.165) is 57.7 Å². The molecule has 1 aromatic rings. The Hall–Kier alpha value is -0.900. The molecule has 2 aliphatic rings. The van der Waals surface area contributed by atoms with Crippen molar-refractivity contribution >= 4 is 29.9 Å². The highest BCUT2D eigenvalue weighted by Crippen LogP contribution is 2.18. The molecule has 0 aliphatic carbocycles. The first-order valence-corrected chi connectivity index (χ1v) is 11.7. The summed E-state index contributed by atoms with van der Waals surface area (Å²) >= 11 is 0. The van der Waals surface area contributed by atoms with Gasteiger partial charge in [-0.2, -0.15) is 0 Å². The van der Waals surface area contributed by atoms with Crippen LogP contribution in [0.1, 0.15) is 31.2 Å². The van der Waals surface area contributed by atoms with Crippen LogP contribution in [-0.4, -0.2) is 93.8 Å². The number of halogens is 1. The minimum atomic E-state index is 0. The third-order valence-corrected chi connectivity index (χ3v) is 6.44. The van der Waals surface area contributed by atoms with Crippen molar-refractivity contribution in [1.82, 2.24) is 20.0 Å². The molecule has 0 atom stereocenters. The van der Waals surface area contributed by atoms with Crippen molar-refractivity contribution in [3.8, 4) is 0 Å². The predicted octanol–water partition coefficient (Wildman–Crippen LogP) is 3.14. The fraction of sp³-hybridized carbons (Fsp3) is 0.708. The number of ether oxygens (including phenoxy) is 1. The highest BCUT2D eigenvalue weighted by molar-refractivity contribution is 14.0. The van der Waals surface area contributed by atoms with Crippen molar-refractivity contribution in [2.75, 3.05) is 73.1 Å². The molecule has 1 aromatic carbocycles. The summed E-state index contributed by atoms with van der Waals surface area (Å²) < 4.78 is 5.47. The molecule has 0 saturated carbocycles. The molecule has 176 valence electrons. The van der Waals surface area contributed by atoms with Crippen molar-refractivity contribution in [3.63, 3.8) is 0 Å². The third kappa shape index (κ3) is 9.63. The van der Waals surface area contributed by atoms with Crippen molar-refractivity contribution in [3.05, 3.63) is 35.9 Å². The number of piperazine rings is 1. The number of guanidine groups is 1. The maximum absolute atomic E-state index is 5.47. The maximum Gasteiger partial charge on any atom is 0.193 e. The van der Waals surface area contributed by atoms with Crippen LogP contribution in [0.2, 0.25) is 0 Å². The Kier molecular flexibility index (Phi) is 12.8. The summed E-state index contributed by atoms with van der Waals surface area (Å²) in [6.07, 6.45) is 4.80. The summed E-state index contributed by atoms with van der Waals surface area (Å²) in [4.78, 5) is 11.9. The molecule has 2 heterocycles. The lowest BCUT2D eigenvalue weighted by Crippen LogP contribution is -2.46. The Labute approximate surface area is 206 Å². The number of hydrogen-bond donors (Lipinski definition) is 1. The lowest BCUT2D eigenvalue weighted by Gasteiger charge is -2.34. The highest BCUT2D eigenvalue weighted by atomic mass is 127. The number of nitrogens with zero attached hydrogens (tertiary/aromatic N) is 4. The van der Waals surface area contributed by atoms with Crippen LogP contribution in [0, 0.1) is 5.92 Å². The normalized spacial score (nSPS) is 19.1. The van der Waals surface area contributed by atoms with Gasteiger partial charge in [0.25, 0.3) is 0 Å². The summed E-state index contributed by atoms with van der Waals surface area (Å²) in [7, 11) is 4.04. The molecular formula is C24H42IN5O. The van der Waals surface area contributed by atoms with Gasteiger partial charge in [0.2, 0.25) is 0 Å². The fourth-order valence-corrected chi connectivity index (χ4v) is 4.42. The molecule has 3 rings (SSSR count). The SMILES string of the molecule is CN=C(NCCCN1CCN(Cc2ccccc2)CC1)N(C)CCC1CCOCC1.I. The van der Waals surface area contributed by atoms with E-state index in [4.69, 9.17) is 4.74 Å². The van der Waals surface area contributed by atoms with E-state index in [1.54, 1.807) is 0 Å². The molecule has 0 bridgehead atoms. The highest BCUT2D eigenvalue weighted by Gasteiger charge is 2.17. The van der Waals surface area contributed by atoms with Crippen LogP contribution in [0.15, 0.2) is 35.3 Å². The Morgan fingerprint density at radius 2 is 1.77 bits per heavy atom. The van der Waals surface area contributed by atoms with Gasteiger partial charge in [-0.3, -0.25) is 9.89 Å². The molecule has 1 N–H and O–H groups in total. The van der Waals surface area contributed by atoms with Gasteiger partial charge in [0, 0.05) is 73.1 Å². The standard InChI is InChI=1S/C24H41N5O.HI/c1-25-24(27(2)14-9-22-10-19-30-20-11-22)26-12-6-13-28-15-17-29(18-16-28)21-23-7-4-3-5-8-23;/h3-5,7-8,22H,6,9-21H2,1-2H3,(H,25,26);1H. The quantitative estimate of drug-likeness (QED) is 0.225. The fourth-order valence-electron chi connectivity index (χ4n) is 4.42. The topological polar surface area (TPSA) is 43.3 Å². The summed E-state index contributed by atoms with van der Waals surface area (Å²) in [6, 6.07) is 10.8. The molecule has 6 nitrogen and oxygen atoms in total. The summed E-state index contributed by atoms with van der Waals surface area (Å²) in [5.74, 6) is 1.83. The summed E-state index contributed by atoms with van der Waals surface area (Å²) in [5, 5.41) is 3.55. The first-order valence-electron chi connectivity index (χ1n) is 11.7. The van der Waals surface area contributed by atoms with E-state index in [2.05, 4.69) is 62.4 Å². The number of nitrogens with one attached hydrogen (secondary N) is 1. The van der Waals surface area contributed by atoms with Gasteiger partial charge >= 0.3 is 0 Å². The second-order valence-corrected chi connectivity index (χ2v) is 8.70. The van der Waals surface area contributed by atoms with Crippen LogP contribution < -0.4 is 5.32 Å². The Bertz CT molecular complexity index is 616. The number of hydrogen-bond acceptors (Lipinski definition) is 4. The van der Waals surface area contributed by atoms with Gasteiger partial charge < -0.3 is 19.9 Å². The minimum absolute atomic E-state index is 0. The monoisotopic (exact) mass is 543 g/mol. The Morgan fingerprint density at radius 1 is 1.10 bits per heavy atom. The van der Waals surface area contributed by atoms with E-state index >= 15 is 0 Å². The van der Waals surface area contributed by atoms with Gasteiger partial charge in [-0.05, 0) is 43.7 Å². The molecule has 0 aromatic heterocycles. The van der Waals surface area contributed by atoms with E-state index in [9.17, 15) is 0 Å². The maximum atomic E-state index is 5.47.